The van der Waals surface area contributed by atoms with Crippen molar-refractivity contribution in [3.05, 3.63) is 34.1 Å². The minimum absolute atomic E-state index is 0.0686. The van der Waals surface area contributed by atoms with Crippen LogP contribution >= 0.6 is 15.9 Å². The van der Waals surface area contributed by atoms with Gasteiger partial charge in [0.25, 0.3) is 0 Å². The number of hydrogen-bond donors (Lipinski definition) is 0. The predicted octanol–water partition coefficient (Wildman–Crippen LogP) is 3.59. The van der Waals surface area contributed by atoms with E-state index in [0.717, 1.165) is 6.42 Å². The van der Waals surface area contributed by atoms with Crippen LogP contribution in [0.1, 0.15) is 30.1 Å². The fraction of sp³-hybridized carbons (Fsp3) is 0.462. The van der Waals surface area contributed by atoms with E-state index in [0.29, 0.717) is 17.5 Å². The SMILES string of the molecule is CCC1OCCC1C(=O)c1cc(Br)ccc1F. The minimum Gasteiger partial charge on any atom is -0.377 e. The van der Waals surface area contributed by atoms with Gasteiger partial charge in [0.1, 0.15) is 5.82 Å². The van der Waals surface area contributed by atoms with Crippen LogP contribution in [0.5, 0.6) is 0 Å². The summed E-state index contributed by atoms with van der Waals surface area (Å²) in [5, 5.41) is 0. The second-order valence-electron chi connectivity index (χ2n) is 4.20. The first-order valence-electron chi connectivity index (χ1n) is 5.74. The number of hydrogen-bond acceptors (Lipinski definition) is 2. The molecule has 1 heterocycles. The van der Waals surface area contributed by atoms with Crippen molar-refractivity contribution < 1.29 is 13.9 Å². The number of carbonyl (C=O) groups is 1. The number of benzene rings is 1. The van der Waals surface area contributed by atoms with Gasteiger partial charge in [-0.3, -0.25) is 4.79 Å². The lowest BCUT2D eigenvalue weighted by Crippen LogP contribution is -2.24. The molecule has 2 atom stereocenters. The lowest BCUT2D eigenvalue weighted by Gasteiger charge is -2.16. The summed E-state index contributed by atoms with van der Waals surface area (Å²) in [6.45, 7) is 2.57. The number of rotatable bonds is 3. The number of Topliss-reactive ketones (excluding diaryl/α,β-unsaturated/α-hetero) is 1. The highest BCUT2D eigenvalue weighted by atomic mass is 79.9. The van der Waals surface area contributed by atoms with Gasteiger partial charge in [0.2, 0.25) is 0 Å². The van der Waals surface area contributed by atoms with Crippen molar-refractivity contribution in [2.45, 2.75) is 25.9 Å². The van der Waals surface area contributed by atoms with E-state index < -0.39 is 5.82 Å². The van der Waals surface area contributed by atoms with Crippen LogP contribution in [-0.4, -0.2) is 18.5 Å². The topological polar surface area (TPSA) is 26.3 Å². The van der Waals surface area contributed by atoms with E-state index in [1.807, 2.05) is 6.92 Å². The highest BCUT2D eigenvalue weighted by Gasteiger charge is 2.34. The average Bonchev–Trinajstić information content (AvgIpc) is 2.79. The second-order valence-corrected chi connectivity index (χ2v) is 5.12. The molecule has 0 spiro atoms. The van der Waals surface area contributed by atoms with E-state index in [-0.39, 0.29) is 23.4 Å². The Bertz CT molecular complexity index is 433. The van der Waals surface area contributed by atoms with E-state index >= 15 is 0 Å². The molecular weight excluding hydrogens is 287 g/mol. The van der Waals surface area contributed by atoms with E-state index in [1.165, 1.54) is 6.07 Å². The first-order valence-corrected chi connectivity index (χ1v) is 6.53. The maximum absolute atomic E-state index is 13.6. The van der Waals surface area contributed by atoms with Crippen molar-refractivity contribution in [1.29, 1.82) is 0 Å². The van der Waals surface area contributed by atoms with Gasteiger partial charge in [0.05, 0.1) is 17.6 Å². The molecule has 1 saturated heterocycles. The predicted molar refractivity (Wildman–Crippen MR) is 66.6 cm³/mol. The van der Waals surface area contributed by atoms with Gasteiger partial charge in [0.15, 0.2) is 5.78 Å². The Morgan fingerprint density at radius 2 is 2.35 bits per heavy atom. The van der Waals surface area contributed by atoms with Gasteiger partial charge in [-0.15, -0.1) is 0 Å². The smallest absolute Gasteiger partial charge is 0.171 e. The van der Waals surface area contributed by atoms with Gasteiger partial charge in [-0.1, -0.05) is 22.9 Å². The van der Waals surface area contributed by atoms with Crippen LogP contribution in [-0.2, 0) is 4.74 Å². The van der Waals surface area contributed by atoms with Gasteiger partial charge in [0, 0.05) is 11.1 Å². The summed E-state index contributed by atoms with van der Waals surface area (Å²) < 4.78 is 19.8. The molecule has 1 aromatic carbocycles. The summed E-state index contributed by atoms with van der Waals surface area (Å²) in [6, 6.07) is 4.45. The van der Waals surface area contributed by atoms with Crippen molar-refractivity contribution in [2.24, 2.45) is 5.92 Å². The Labute approximate surface area is 108 Å². The fourth-order valence-electron chi connectivity index (χ4n) is 2.24. The highest BCUT2D eigenvalue weighted by Crippen LogP contribution is 2.28. The third kappa shape index (κ3) is 2.58. The molecule has 1 aliphatic rings. The monoisotopic (exact) mass is 300 g/mol. The zero-order valence-corrected chi connectivity index (χ0v) is 11.2. The summed E-state index contributed by atoms with van der Waals surface area (Å²) in [5.74, 6) is -0.808. The largest absolute Gasteiger partial charge is 0.377 e. The highest BCUT2D eigenvalue weighted by molar-refractivity contribution is 9.10. The molecule has 92 valence electrons. The van der Waals surface area contributed by atoms with Gasteiger partial charge in [-0.25, -0.2) is 4.39 Å². The summed E-state index contributed by atoms with van der Waals surface area (Å²) in [4.78, 5) is 12.2. The molecule has 0 bridgehead atoms. The maximum atomic E-state index is 13.6. The first kappa shape index (κ1) is 12.7. The molecule has 0 radical (unpaired) electrons. The van der Waals surface area contributed by atoms with E-state index in [2.05, 4.69) is 15.9 Å². The fourth-order valence-corrected chi connectivity index (χ4v) is 2.60. The molecule has 2 nitrogen and oxygen atoms in total. The number of ether oxygens (including phenoxy) is 1. The zero-order valence-electron chi connectivity index (χ0n) is 9.58. The van der Waals surface area contributed by atoms with Crippen LogP contribution in [0.2, 0.25) is 0 Å². The Kier molecular flexibility index (Phi) is 3.94. The van der Waals surface area contributed by atoms with E-state index in [4.69, 9.17) is 4.74 Å². The molecule has 2 rings (SSSR count). The van der Waals surface area contributed by atoms with Crippen LogP contribution < -0.4 is 0 Å². The molecule has 1 aliphatic heterocycles. The minimum atomic E-state index is -0.458. The van der Waals surface area contributed by atoms with Crippen molar-refractivity contribution in [3.63, 3.8) is 0 Å². The van der Waals surface area contributed by atoms with Crippen LogP contribution in [0.15, 0.2) is 22.7 Å². The Balaban J connectivity index is 2.27. The van der Waals surface area contributed by atoms with Crippen LogP contribution in [0, 0.1) is 11.7 Å². The first-order chi connectivity index (χ1) is 8.13. The molecular formula is C13H14BrFO2. The Hall–Kier alpha value is -0.740. The molecule has 1 fully saturated rings. The Morgan fingerprint density at radius 3 is 3.06 bits per heavy atom. The molecule has 0 aliphatic carbocycles. The van der Waals surface area contributed by atoms with Crippen molar-refractivity contribution in [1.82, 2.24) is 0 Å². The maximum Gasteiger partial charge on any atom is 0.171 e. The summed E-state index contributed by atoms with van der Waals surface area (Å²) >= 11 is 3.26. The quantitative estimate of drug-likeness (QED) is 0.798. The second kappa shape index (κ2) is 5.27. The van der Waals surface area contributed by atoms with Gasteiger partial charge in [-0.05, 0) is 31.0 Å². The van der Waals surface area contributed by atoms with Gasteiger partial charge >= 0.3 is 0 Å². The Morgan fingerprint density at radius 1 is 1.59 bits per heavy atom. The normalized spacial score (nSPS) is 23.9. The van der Waals surface area contributed by atoms with Crippen molar-refractivity contribution in [2.75, 3.05) is 6.61 Å². The van der Waals surface area contributed by atoms with E-state index in [1.54, 1.807) is 12.1 Å². The summed E-state index contributed by atoms with van der Waals surface area (Å²) in [6.07, 6.45) is 1.40. The molecule has 4 heteroatoms. The number of carbonyl (C=O) groups excluding carboxylic acids is 1. The third-order valence-electron chi connectivity index (χ3n) is 3.14. The molecule has 0 aromatic heterocycles. The molecule has 0 N–H and O–H groups in total. The summed E-state index contributed by atoms with van der Waals surface area (Å²) in [5.41, 5.74) is 0.160. The number of halogens is 2. The molecule has 2 unspecified atom stereocenters. The standard InChI is InChI=1S/C13H14BrFO2/c1-2-12-9(5-6-17-12)13(16)10-7-8(14)3-4-11(10)15/h3-4,7,9,12H,2,5-6H2,1H3. The van der Waals surface area contributed by atoms with Crippen LogP contribution in [0.3, 0.4) is 0 Å². The lowest BCUT2D eigenvalue weighted by atomic mass is 9.90. The average molecular weight is 301 g/mol. The van der Waals surface area contributed by atoms with Crippen LogP contribution in [0.4, 0.5) is 4.39 Å². The molecule has 0 amide bonds. The molecule has 1 aromatic rings. The van der Waals surface area contributed by atoms with Crippen LogP contribution in [0.25, 0.3) is 0 Å². The third-order valence-corrected chi connectivity index (χ3v) is 3.64. The van der Waals surface area contributed by atoms with Gasteiger partial charge in [-0.2, -0.15) is 0 Å². The lowest BCUT2D eigenvalue weighted by molar-refractivity contribution is 0.0686. The summed E-state index contributed by atoms with van der Waals surface area (Å²) in [7, 11) is 0. The van der Waals surface area contributed by atoms with Crippen molar-refractivity contribution in [3.8, 4) is 0 Å². The zero-order chi connectivity index (χ0) is 12.4. The molecule has 0 saturated carbocycles. The van der Waals surface area contributed by atoms with E-state index in [9.17, 15) is 9.18 Å². The number of ketones is 1. The van der Waals surface area contributed by atoms with Gasteiger partial charge < -0.3 is 4.74 Å². The molecule has 17 heavy (non-hydrogen) atoms. The van der Waals surface area contributed by atoms with Crippen molar-refractivity contribution >= 4 is 21.7 Å².